The molecule has 4 aromatic heterocycles. The smallest absolute Gasteiger partial charge is 0.159 e. The van der Waals surface area contributed by atoms with Crippen LogP contribution in [0.25, 0.3) is 87.4 Å². The number of hydrogen-bond acceptors (Lipinski definition) is 2. The van der Waals surface area contributed by atoms with E-state index in [1.54, 1.807) is 0 Å². The van der Waals surface area contributed by atoms with Crippen molar-refractivity contribution < 1.29 is 4.42 Å². The van der Waals surface area contributed by atoms with Crippen LogP contribution in [0.3, 0.4) is 0 Å². The first-order valence-corrected chi connectivity index (χ1v) is 17.1. The standard InChI is InChI=1S/C46H27N3O/c1-2-11-29-26-30(21-20-28(29)10-1)47(41-18-9-15-37-34-14-5-8-19-43(34)50-46(37)41)31-22-25-40-42(27-31)49-39-17-7-4-13-33(39)36-24-23-35-32-12-3-6-16-38(32)48(40)44(35)45(36)49/h1-27H. The van der Waals surface area contributed by atoms with Gasteiger partial charge in [0.25, 0.3) is 0 Å². The predicted molar refractivity (Wildman–Crippen MR) is 209 cm³/mol. The highest BCUT2D eigenvalue weighted by atomic mass is 16.3. The van der Waals surface area contributed by atoms with Crippen molar-refractivity contribution in [2.75, 3.05) is 4.90 Å². The summed E-state index contributed by atoms with van der Waals surface area (Å²) in [6.07, 6.45) is 0. The van der Waals surface area contributed by atoms with Crippen molar-refractivity contribution in [2.24, 2.45) is 0 Å². The highest BCUT2D eigenvalue weighted by molar-refractivity contribution is 6.25. The van der Waals surface area contributed by atoms with Gasteiger partial charge in [0.1, 0.15) is 5.58 Å². The monoisotopic (exact) mass is 637 g/mol. The van der Waals surface area contributed by atoms with Gasteiger partial charge in [-0.15, -0.1) is 0 Å². The zero-order chi connectivity index (χ0) is 32.5. The fourth-order valence-electron chi connectivity index (χ4n) is 8.67. The van der Waals surface area contributed by atoms with Gasteiger partial charge in [-0.25, -0.2) is 0 Å². The van der Waals surface area contributed by atoms with E-state index in [-0.39, 0.29) is 0 Å². The molecular weight excluding hydrogens is 611 g/mol. The maximum atomic E-state index is 6.67. The van der Waals surface area contributed by atoms with Gasteiger partial charge in [0.15, 0.2) is 5.58 Å². The molecule has 12 aromatic rings. The van der Waals surface area contributed by atoms with Crippen LogP contribution in [0.4, 0.5) is 17.1 Å². The lowest BCUT2D eigenvalue weighted by Gasteiger charge is -2.26. The quantitative estimate of drug-likeness (QED) is 0.180. The molecule has 0 amide bonds. The van der Waals surface area contributed by atoms with Crippen LogP contribution in [0.15, 0.2) is 168 Å². The van der Waals surface area contributed by atoms with Crippen molar-refractivity contribution in [1.82, 2.24) is 8.80 Å². The molecule has 0 spiro atoms. The van der Waals surface area contributed by atoms with Gasteiger partial charge in [-0.1, -0.05) is 109 Å². The molecule has 0 N–H and O–H groups in total. The van der Waals surface area contributed by atoms with Crippen LogP contribution < -0.4 is 4.90 Å². The second-order valence-electron chi connectivity index (χ2n) is 13.4. The number of aromatic nitrogens is 2. The lowest BCUT2D eigenvalue weighted by Crippen LogP contribution is -2.11. The van der Waals surface area contributed by atoms with E-state index in [0.29, 0.717) is 0 Å². The minimum absolute atomic E-state index is 0.872. The second-order valence-corrected chi connectivity index (χ2v) is 13.4. The molecule has 8 aromatic carbocycles. The Morgan fingerprint density at radius 1 is 0.380 bits per heavy atom. The minimum atomic E-state index is 0.872. The van der Waals surface area contributed by atoms with Crippen LogP contribution in [0.2, 0.25) is 0 Å². The number of benzene rings is 8. The van der Waals surface area contributed by atoms with Crippen molar-refractivity contribution in [3.8, 4) is 0 Å². The van der Waals surface area contributed by atoms with Gasteiger partial charge in [0.2, 0.25) is 0 Å². The van der Waals surface area contributed by atoms with Gasteiger partial charge >= 0.3 is 0 Å². The molecule has 0 bridgehead atoms. The van der Waals surface area contributed by atoms with E-state index in [2.05, 4.69) is 171 Å². The van der Waals surface area contributed by atoms with E-state index in [1.165, 1.54) is 59.9 Å². The fourth-order valence-corrected chi connectivity index (χ4v) is 8.67. The van der Waals surface area contributed by atoms with Crippen molar-refractivity contribution in [2.45, 2.75) is 0 Å². The fraction of sp³-hybridized carbons (Fsp3) is 0. The van der Waals surface area contributed by atoms with Gasteiger partial charge in [0, 0.05) is 43.7 Å². The summed E-state index contributed by atoms with van der Waals surface area (Å²) in [7, 11) is 0. The van der Waals surface area contributed by atoms with Gasteiger partial charge < -0.3 is 18.1 Å². The summed E-state index contributed by atoms with van der Waals surface area (Å²) < 4.78 is 11.6. The van der Waals surface area contributed by atoms with Crippen LogP contribution in [0.5, 0.6) is 0 Å². The number of furan rings is 1. The number of rotatable bonds is 3. The summed E-state index contributed by atoms with van der Waals surface area (Å²) in [5, 5.41) is 9.71. The van der Waals surface area contributed by atoms with E-state index in [9.17, 15) is 0 Å². The average molecular weight is 638 g/mol. The van der Waals surface area contributed by atoms with Crippen molar-refractivity contribution in [3.05, 3.63) is 164 Å². The molecule has 4 nitrogen and oxygen atoms in total. The number of para-hydroxylation sites is 4. The molecule has 0 aliphatic rings. The summed E-state index contributed by atoms with van der Waals surface area (Å²) >= 11 is 0. The molecule has 0 unspecified atom stereocenters. The Morgan fingerprint density at radius 3 is 1.76 bits per heavy atom. The van der Waals surface area contributed by atoms with Crippen molar-refractivity contribution in [1.29, 1.82) is 0 Å². The molecule has 0 saturated heterocycles. The Kier molecular flexibility index (Phi) is 4.94. The topological polar surface area (TPSA) is 25.2 Å². The molecule has 50 heavy (non-hydrogen) atoms. The van der Waals surface area contributed by atoms with Crippen LogP contribution in [0.1, 0.15) is 0 Å². The molecule has 4 heterocycles. The number of hydrogen-bond donors (Lipinski definition) is 0. The van der Waals surface area contributed by atoms with Gasteiger partial charge in [0.05, 0.1) is 38.8 Å². The highest BCUT2D eigenvalue weighted by Crippen LogP contribution is 2.46. The maximum absolute atomic E-state index is 6.67. The van der Waals surface area contributed by atoms with Crippen LogP contribution in [-0.4, -0.2) is 8.80 Å². The van der Waals surface area contributed by atoms with Crippen molar-refractivity contribution in [3.63, 3.8) is 0 Å². The van der Waals surface area contributed by atoms with Crippen LogP contribution in [-0.2, 0) is 0 Å². The molecule has 0 fully saturated rings. The summed E-state index contributed by atoms with van der Waals surface area (Å²) in [6.45, 7) is 0. The largest absolute Gasteiger partial charge is 0.454 e. The van der Waals surface area contributed by atoms with Crippen LogP contribution in [0, 0.1) is 0 Å². The Morgan fingerprint density at radius 2 is 0.980 bits per heavy atom. The van der Waals surface area contributed by atoms with Gasteiger partial charge in [-0.05, 0) is 65.4 Å². The first-order valence-electron chi connectivity index (χ1n) is 17.1. The zero-order valence-corrected chi connectivity index (χ0v) is 26.8. The normalized spacial score (nSPS) is 12.4. The number of anilines is 3. The van der Waals surface area contributed by atoms with Crippen molar-refractivity contribution >= 4 is 104 Å². The van der Waals surface area contributed by atoms with E-state index in [4.69, 9.17) is 4.42 Å². The number of nitrogens with zero attached hydrogens (tertiary/aromatic N) is 3. The van der Waals surface area contributed by atoms with E-state index in [1.807, 2.05) is 6.07 Å². The van der Waals surface area contributed by atoms with E-state index < -0.39 is 0 Å². The third-order valence-electron chi connectivity index (χ3n) is 10.8. The zero-order valence-electron chi connectivity index (χ0n) is 26.8. The SMILES string of the molecule is c1ccc2cc(N(c3ccc4c(c3)n3c5ccccc5c5ccc6c7ccccc7n4c6c53)c3cccc4c3oc3ccccc34)ccc2c1. The molecule has 12 rings (SSSR count). The first-order chi connectivity index (χ1) is 24.8. The molecular formula is C46H27N3O. The Hall–Kier alpha value is -6.78. The Labute approximate surface area is 285 Å². The predicted octanol–water partition coefficient (Wildman–Crippen LogP) is 12.8. The third-order valence-corrected chi connectivity index (χ3v) is 10.8. The van der Waals surface area contributed by atoms with Gasteiger partial charge in [-0.2, -0.15) is 0 Å². The third kappa shape index (κ3) is 3.30. The summed E-state index contributed by atoms with van der Waals surface area (Å²) in [5.41, 5.74) is 12.2. The molecule has 0 aliphatic heterocycles. The molecule has 0 radical (unpaired) electrons. The van der Waals surface area contributed by atoms with E-state index in [0.717, 1.165) is 44.5 Å². The highest BCUT2D eigenvalue weighted by Gasteiger charge is 2.24. The molecule has 0 saturated carbocycles. The average Bonchev–Trinajstić information content (AvgIpc) is 3.84. The summed E-state index contributed by atoms with van der Waals surface area (Å²) in [6, 6.07) is 59.3. The maximum Gasteiger partial charge on any atom is 0.159 e. The van der Waals surface area contributed by atoms with Crippen LogP contribution >= 0.6 is 0 Å². The lowest BCUT2D eigenvalue weighted by atomic mass is 10.1. The Bertz CT molecular complexity index is 3340. The summed E-state index contributed by atoms with van der Waals surface area (Å²) in [5.74, 6) is 0. The van der Waals surface area contributed by atoms with E-state index >= 15 is 0 Å². The molecule has 0 atom stereocenters. The number of fused-ring (bicyclic) bond motifs is 13. The van der Waals surface area contributed by atoms with Gasteiger partial charge in [-0.3, -0.25) is 0 Å². The lowest BCUT2D eigenvalue weighted by molar-refractivity contribution is 0.669. The molecule has 4 heteroatoms. The first kappa shape index (κ1) is 26.2. The Balaban J connectivity index is 1.24. The minimum Gasteiger partial charge on any atom is -0.454 e. The second kappa shape index (κ2) is 9.43. The summed E-state index contributed by atoms with van der Waals surface area (Å²) in [4.78, 5) is 2.37. The molecule has 0 aliphatic carbocycles. The molecule has 232 valence electrons.